The molecule has 228 valence electrons. The number of nitriles is 1. The lowest BCUT2D eigenvalue weighted by atomic mass is 9.68. The van der Waals surface area contributed by atoms with Gasteiger partial charge >= 0.3 is 0 Å². The monoisotopic (exact) mass is 595 g/mol. The molecule has 4 atom stereocenters. The Balaban J connectivity index is 1.45. The fourth-order valence-electron chi connectivity index (χ4n) is 7.15. The van der Waals surface area contributed by atoms with Crippen LogP contribution in [0.1, 0.15) is 101 Å². The van der Waals surface area contributed by atoms with Gasteiger partial charge in [0.2, 0.25) is 29.5 Å². The molecule has 2 fully saturated rings. The number of piperidine rings is 1. The van der Waals surface area contributed by atoms with Gasteiger partial charge in [-0.15, -0.1) is 10.2 Å². The molecule has 2 heterocycles. The third-order valence-corrected chi connectivity index (χ3v) is 9.42. The van der Waals surface area contributed by atoms with Crippen LogP contribution in [0.2, 0.25) is 0 Å². The number of nitrogens with zero attached hydrogens (tertiary/aromatic N) is 4. The van der Waals surface area contributed by atoms with Gasteiger partial charge in [0, 0.05) is 29.1 Å². The van der Waals surface area contributed by atoms with Gasteiger partial charge in [-0.1, -0.05) is 26.0 Å². The van der Waals surface area contributed by atoms with E-state index in [1.807, 2.05) is 45.0 Å². The van der Waals surface area contributed by atoms with Crippen molar-refractivity contribution >= 4 is 17.7 Å². The third kappa shape index (κ3) is 5.03. The van der Waals surface area contributed by atoms with Crippen molar-refractivity contribution in [1.82, 2.24) is 20.4 Å². The van der Waals surface area contributed by atoms with Crippen molar-refractivity contribution < 1.29 is 18.8 Å². The summed E-state index contributed by atoms with van der Waals surface area (Å²) in [5, 5.41) is 22.0. The number of nitrogens with two attached hydrogens (primary N) is 2. The third-order valence-electron chi connectivity index (χ3n) is 9.42. The SMILES string of the molecule is CC(C)c1nnc(C2(C[C@@H](C)NCC(=O)N3C(C#N)C[C@@H]4C[C@@H]43)c3ccc(C(N)=O)cc3CCc3cc(C(N)=O)ccc32)o1. The summed E-state index contributed by atoms with van der Waals surface area (Å²) in [4.78, 5) is 39.4. The fraction of sp³-hybridized carbons (Fsp3) is 0.455. The molecule has 44 heavy (non-hydrogen) atoms. The molecule has 1 aromatic heterocycles. The van der Waals surface area contributed by atoms with E-state index in [2.05, 4.69) is 21.6 Å². The van der Waals surface area contributed by atoms with Crippen LogP contribution in [-0.2, 0) is 23.1 Å². The number of aromatic nitrogens is 2. The molecule has 1 unspecified atom stereocenters. The van der Waals surface area contributed by atoms with Crippen LogP contribution >= 0.6 is 0 Å². The summed E-state index contributed by atoms with van der Waals surface area (Å²) in [6, 6.07) is 12.7. The van der Waals surface area contributed by atoms with Gasteiger partial charge < -0.3 is 26.1 Å². The molecule has 0 bridgehead atoms. The number of carbonyl (C=O) groups is 3. The van der Waals surface area contributed by atoms with E-state index in [-0.39, 0.29) is 36.5 Å². The first-order valence-corrected chi connectivity index (χ1v) is 15.2. The Morgan fingerprint density at radius 1 is 1.02 bits per heavy atom. The Bertz CT molecular complexity index is 1620. The second-order valence-corrected chi connectivity index (χ2v) is 12.7. The molecule has 1 saturated heterocycles. The number of rotatable bonds is 9. The topological polar surface area (TPSA) is 181 Å². The summed E-state index contributed by atoms with van der Waals surface area (Å²) in [5.74, 6) is 0.156. The van der Waals surface area contributed by atoms with Gasteiger partial charge in [0.1, 0.15) is 11.5 Å². The summed E-state index contributed by atoms with van der Waals surface area (Å²) in [6.45, 7) is 6.04. The number of carbonyl (C=O) groups excluding carboxylic acids is 3. The maximum Gasteiger partial charge on any atom is 0.248 e. The van der Waals surface area contributed by atoms with E-state index in [1.165, 1.54) is 0 Å². The Labute approximate surface area is 256 Å². The van der Waals surface area contributed by atoms with Crippen molar-refractivity contribution in [2.45, 2.75) is 82.3 Å². The van der Waals surface area contributed by atoms with Gasteiger partial charge in [-0.25, -0.2) is 0 Å². The lowest BCUT2D eigenvalue weighted by Gasteiger charge is -2.36. The highest BCUT2D eigenvalue weighted by molar-refractivity contribution is 5.94. The summed E-state index contributed by atoms with van der Waals surface area (Å²) < 4.78 is 6.42. The van der Waals surface area contributed by atoms with E-state index >= 15 is 0 Å². The lowest BCUT2D eigenvalue weighted by Crippen LogP contribution is -2.46. The normalized spacial score (nSPS) is 21.9. The average molecular weight is 596 g/mol. The number of aryl methyl sites for hydroxylation is 2. The van der Waals surface area contributed by atoms with Crippen LogP contribution in [0.3, 0.4) is 0 Å². The van der Waals surface area contributed by atoms with Crippen molar-refractivity contribution in [2.24, 2.45) is 17.4 Å². The first-order chi connectivity index (χ1) is 21.0. The average Bonchev–Trinajstić information content (AvgIpc) is 3.42. The number of primary amides is 2. The standard InChI is InChI=1S/C33H37N7O4/c1-17(2)31-38-39-32(44-31)33(14-18(3)37-16-28(41)40-24(15-34)12-23-13-27(23)40)25-8-6-21(29(35)42)10-19(25)4-5-20-11-22(30(36)43)7-9-26(20)33/h6-11,17-18,23-24,27,37H,4-5,12-14,16H2,1-3H3,(H2,35,42)(H2,36,43)/t18-,23-,24?,27+/m1/s1. The zero-order valence-corrected chi connectivity index (χ0v) is 25.2. The van der Waals surface area contributed by atoms with E-state index in [9.17, 15) is 19.6 Å². The first-order valence-electron chi connectivity index (χ1n) is 15.2. The second-order valence-electron chi connectivity index (χ2n) is 12.7. The molecule has 3 aromatic rings. The molecule has 3 amide bonds. The van der Waals surface area contributed by atoms with Gasteiger partial charge in [-0.2, -0.15) is 5.26 Å². The van der Waals surface area contributed by atoms with Crippen LogP contribution in [-0.4, -0.2) is 57.5 Å². The van der Waals surface area contributed by atoms with Crippen molar-refractivity contribution in [2.75, 3.05) is 6.54 Å². The Morgan fingerprint density at radius 2 is 1.64 bits per heavy atom. The Kier molecular flexibility index (Phi) is 7.49. The van der Waals surface area contributed by atoms with E-state index < -0.39 is 17.2 Å². The minimum Gasteiger partial charge on any atom is -0.424 e. The van der Waals surface area contributed by atoms with Gasteiger partial charge in [0.25, 0.3) is 0 Å². The molecule has 2 aromatic carbocycles. The molecule has 0 radical (unpaired) electrons. The molecule has 1 saturated carbocycles. The van der Waals surface area contributed by atoms with Gasteiger partial charge in [-0.05, 0) is 91.5 Å². The highest BCUT2D eigenvalue weighted by Gasteiger charge is 2.54. The highest BCUT2D eigenvalue weighted by atomic mass is 16.4. The van der Waals surface area contributed by atoms with Crippen LogP contribution in [0.5, 0.6) is 0 Å². The van der Waals surface area contributed by atoms with E-state index in [4.69, 9.17) is 15.9 Å². The summed E-state index contributed by atoms with van der Waals surface area (Å²) >= 11 is 0. The molecule has 5 N–H and O–H groups in total. The number of benzene rings is 2. The number of hydrogen-bond acceptors (Lipinski definition) is 8. The number of amides is 3. The zero-order chi connectivity index (χ0) is 31.3. The molecule has 11 heteroatoms. The highest BCUT2D eigenvalue weighted by Crippen LogP contribution is 2.49. The molecule has 11 nitrogen and oxygen atoms in total. The Morgan fingerprint density at radius 3 is 2.16 bits per heavy atom. The Hall–Kier alpha value is -4.56. The van der Waals surface area contributed by atoms with Crippen LogP contribution < -0.4 is 16.8 Å². The van der Waals surface area contributed by atoms with Crippen LogP contribution in [0.25, 0.3) is 0 Å². The van der Waals surface area contributed by atoms with Gasteiger partial charge in [0.05, 0.1) is 12.6 Å². The molecular weight excluding hydrogens is 558 g/mol. The smallest absolute Gasteiger partial charge is 0.248 e. The minimum atomic E-state index is -0.993. The van der Waals surface area contributed by atoms with Crippen molar-refractivity contribution in [1.29, 1.82) is 5.26 Å². The van der Waals surface area contributed by atoms with Crippen molar-refractivity contribution in [3.63, 3.8) is 0 Å². The zero-order valence-electron chi connectivity index (χ0n) is 25.2. The van der Waals surface area contributed by atoms with Crippen molar-refractivity contribution in [3.05, 3.63) is 81.6 Å². The fourth-order valence-corrected chi connectivity index (χ4v) is 7.15. The number of likely N-dealkylation sites (tertiary alicyclic amines) is 1. The van der Waals surface area contributed by atoms with Crippen LogP contribution in [0.15, 0.2) is 40.8 Å². The second kappa shape index (κ2) is 11.2. The predicted molar refractivity (Wildman–Crippen MR) is 160 cm³/mol. The van der Waals surface area contributed by atoms with Crippen LogP contribution in [0.4, 0.5) is 0 Å². The number of hydrogen-bond donors (Lipinski definition) is 3. The largest absolute Gasteiger partial charge is 0.424 e. The van der Waals surface area contributed by atoms with E-state index in [0.717, 1.165) is 35.1 Å². The molecule has 3 aliphatic rings. The van der Waals surface area contributed by atoms with Crippen LogP contribution in [0, 0.1) is 17.2 Å². The maximum atomic E-state index is 13.3. The molecular formula is C33H37N7O4. The van der Waals surface area contributed by atoms with Crippen molar-refractivity contribution in [3.8, 4) is 6.07 Å². The number of nitrogens with one attached hydrogen (secondary N) is 1. The maximum absolute atomic E-state index is 13.3. The molecule has 6 rings (SSSR count). The lowest BCUT2D eigenvalue weighted by molar-refractivity contribution is -0.131. The molecule has 0 spiro atoms. The number of fused-ring (bicyclic) bond motifs is 3. The van der Waals surface area contributed by atoms with E-state index in [1.54, 1.807) is 17.0 Å². The summed E-state index contributed by atoms with van der Waals surface area (Å²) in [5.41, 5.74) is 14.7. The van der Waals surface area contributed by atoms with Gasteiger partial charge in [0.15, 0.2) is 0 Å². The van der Waals surface area contributed by atoms with Gasteiger partial charge in [-0.3, -0.25) is 14.4 Å². The summed E-state index contributed by atoms with van der Waals surface area (Å²) in [7, 11) is 0. The first kappa shape index (κ1) is 29.5. The van der Waals surface area contributed by atoms with E-state index in [0.29, 0.717) is 48.1 Å². The predicted octanol–water partition coefficient (Wildman–Crippen LogP) is 2.70. The summed E-state index contributed by atoms with van der Waals surface area (Å²) in [6.07, 6.45) is 3.28. The minimum absolute atomic E-state index is 0.0135. The quantitative estimate of drug-likeness (QED) is 0.337. The molecule has 1 aliphatic heterocycles. The molecule has 2 aliphatic carbocycles.